The molecular weight excluding hydrogens is 260 g/mol. The van der Waals surface area contributed by atoms with E-state index in [1.807, 2.05) is 0 Å². The van der Waals surface area contributed by atoms with Crippen LogP contribution in [0.15, 0.2) is 0 Å². The lowest BCUT2D eigenvalue weighted by Crippen LogP contribution is -2.42. The topological polar surface area (TPSA) is 27.7 Å². The van der Waals surface area contributed by atoms with Crippen molar-refractivity contribution < 1.29 is 13.6 Å². The molecule has 2 radical (unpaired) electrons. The van der Waals surface area contributed by atoms with Crippen LogP contribution in [0.4, 0.5) is 0 Å². The Morgan fingerprint density at radius 3 is 2.06 bits per heavy atom. The van der Waals surface area contributed by atoms with Gasteiger partial charge in [-0.05, 0) is 46.2 Å². The minimum atomic E-state index is -1.59. The summed E-state index contributed by atoms with van der Waals surface area (Å²) < 4.78 is 18.0. The van der Waals surface area contributed by atoms with Crippen molar-refractivity contribution in [2.75, 3.05) is 6.61 Å². The highest BCUT2D eigenvalue weighted by molar-refractivity contribution is 6.70. The van der Waals surface area contributed by atoms with Crippen LogP contribution in [-0.2, 0) is 13.6 Å². The quantitative estimate of drug-likeness (QED) is 0.727. The van der Waals surface area contributed by atoms with E-state index in [1.54, 1.807) is 0 Å². The standard InChI is InChI=1S/C13H28O3Si2/c1-10-11(2)15-12(9-14-17(3,4)5)13(10)16-18(6,7)8/h2,10-13H,9H2,1,3-8H3/t10?,11-,12+,13?/m0/s1. The summed E-state index contributed by atoms with van der Waals surface area (Å²) in [5.41, 5.74) is 0. The highest BCUT2D eigenvalue weighted by Gasteiger charge is 2.43. The average Bonchev–Trinajstić information content (AvgIpc) is 2.39. The highest BCUT2D eigenvalue weighted by atomic mass is 28.4. The number of ether oxygens (including phenoxy) is 1. The van der Waals surface area contributed by atoms with Gasteiger partial charge in [-0.1, -0.05) is 6.92 Å². The van der Waals surface area contributed by atoms with E-state index in [-0.39, 0.29) is 24.2 Å². The summed E-state index contributed by atoms with van der Waals surface area (Å²) in [6.07, 6.45) is -0.182. The van der Waals surface area contributed by atoms with Gasteiger partial charge in [0.15, 0.2) is 16.6 Å². The zero-order valence-corrected chi connectivity index (χ0v) is 14.8. The van der Waals surface area contributed by atoms with E-state index in [4.69, 9.17) is 20.5 Å². The number of hydrogen-bond donors (Lipinski definition) is 0. The van der Waals surface area contributed by atoms with Gasteiger partial charge in [0.1, 0.15) is 6.10 Å². The maximum Gasteiger partial charge on any atom is 0.184 e. The molecule has 18 heavy (non-hydrogen) atoms. The van der Waals surface area contributed by atoms with Crippen LogP contribution in [0.3, 0.4) is 0 Å². The number of rotatable bonds is 5. The third-order valence-corrected chi connectivity index (χ3v) is 4.92. The molecule has 0 aromatic rings. The Morgan fingerprint density at radius 1 is 1.06 bits per heavy atom. The molecule has 1 aliphatic heterocycles. The van der Waals surface area contributed by atoms with Crippen LogP contribution >= 0.6 is 0 Å². The first kappa shape index (κ1) is 16.4. The average molecular weight is 289 g/mol. The van der Waals surface area contributed by atoms with Gasteiger partial charge in [-0.15, -0.1) is 0 Å². The SMILES string of the molecule is [CH][C@@H]1O[C@H](CO[Si](C)(C)C)C(O[Si](C)(C)C)C1C. The van der Waals surface area contributed by atoms with Crippen LogP contribution in [0, 0.1) is 12.8 Å². The first-order valence-electron chi connectivity index (χ1n) is 6.72. The minimum Gasteiger partial charge on any atom is -0.415 e. The fourth-order valence-electron chi connectivity index (χ4n) is 1.99. The van der Waals surface area contributed by atoms with Crippen LogP contribution in [0.5, 0.6) is 0 Å². The third-order valence-electron chi connectivity index (χ3n) is 2.91. The van der Waals surface area contributed by atoms with Crippen LogP contribution in [0.1, 0.15) is 6.92 Å². The van der Waals surface area contributed by atoms with E-state index in [0.29, 0.717) is 6.61 Å². The Hall–Kier alpha value is 0.314. The van der Waals surface area contributed by atoms with E-state index in [2.05, 4.69) is 46.2 Å². The summed E-state index contributed by atoms with van der Waals surface area (Å²) in [5.74, 6) is 0.229. The van der Waals surface area contributed by atoms with E-state index < -0.39 is 16.6 Å². The third kappa shape index (κ3) is 5.13. The molecule has 0 aromatic carbocycles. The lowest BCUT2D eigenvalue weighted by atomic mass is 10.00. The largest absolute Gasteiger partial charge is 0.415 e. The normalized spacial score (nSPS) is 34.0. The molecule has 5 heteroatoms. The van der Waals surface area contributed by atoms with Gasteiger partial charge in [0, 0.05) is 5.92 Å². The Bertz CT molecular complexity index is 270. The van der Waals surface area contributed by atoms with Gasteiger partial charge in [-0.2, -0.15) is 0 Å². The summed E-state index contributed by atoms with van der Waals surface area (Å²) in [6.45, 7) is 21.8. The molecule has 1 aliphatic rings. The first-order chi connectivity index (χ1) is 7.99. The van der Waals surface area contributed by atoms with E-state index in [1.165, 1.54) is 0 Å². The summed E-state index contributed by atoms with van der Waals surface area (Å²) in [6, 6.07) is 0. The van der Waals surface area contributed by atoms with Crippen molar-refractivity contribution in [2.45, 2.75) is 64.5 Å². The second kappa shape index (κ2) is 5.75. The molecule has 0 bridgehead atoms. The zero-order chi connectivity index (χ0) is 14.1. The lowest BCUT2D eigenvalue weighted by Gasteiger charge is -2.30. The predicted molar refractivity (Wildman–Crippen MR) is 79.6 cm³/mol. The molecular formula is C13H28O3Si2. The molecule has 106 valence electrons. The van der Waals surface area contributed by atoms with E-state index >= 15 is 0 Å². The van der Waals surface area contributed by atoms with Crippen molar-refractivity contribution in [3.63, 3.8) is 0 Å². The highest BCUT2D eigenvalue weighted by Crippen LogP contribution is 2.31. The maximum atomic E-state index is 6.23. The number of hydrogen-bond acceptors (Lipinski definition) is 3. The van der Waals surface area contributed by atoms with Gasteiger partial charge in [0.25, 0.3) is 0 Å². The van der Waals surface area contributed by atoms with Crippen LogP contribution in [0.25, 0.3) is 0 Å². The van der Waals surface area contributed by atoms with Crippen molar-refractivity contribution in [3.05, 3.63) is 6.92 Å². The zero-order valence-electron chi connectivity index (χ0n) is 12.8. The maximum absolute atomic E-state index is 6.23. The fourth-order valence-corrected chi connectivity index (χ4v) is 3.83. The molecule has 1 rings (SSSR count). The molecule has 1 saturated heterocycles. The fraction of sp³-hybridized carbons (Fsp3) is 0.923. The van der Waals surface area contributed by atoms with E-state index in [9.17, 15) is 0 Å². The van der Waals surface area contributed by atoms with Gasteiger partial charge in [0.05, 0.1) is 18.8 Å². The Morgan fingerprint density at radius 2 is 1.61 bits per heavy atom. The molecule has 0 saturated carbocycles. The molecule has 0 aromatic heterocycles. The smallest absolute Gasteiger partial charge is 0.184 e. The summed E-state index contributed by atoms with van der Waals surface area (Å²) in [7, 11) is -3.11. The van der Waals surface area contributed by atoms with Gasteiger partial charge in [-0.3, -0.25) is 0 Å². The summed E-state index contributed by atoms with van der Waals surface area (Å²) in [4.78, 5) is 0. The second-order valence-corrected chi connectivity index (χ2v) is 16.1. The van der Waals surface area contributed by atoms with Crippen molar-refractivity contribution >= 4 is 16.6 Å². The molecule has 1 heterocycles. The first-order valence-corrected chi connectivity index (χ1v) is 13.5. The predicted octanol–water partition coefficient (Wildman–Crippen LogP) is 3.17. The lowest BCUT2D eigenvalue weighted by molar-refractivity contribution is -0.00165. The molecule has 2 unspecified atom stereocenters. The Kier molecular flexibility index (Phi) is 5.23. The van der Waals surface area contributed by atoms with Crippen molar-refractivity contribution in [3.8, 4) is 0 Å². The van der Waals surface area contributed by atoms with Gasteiger partial charge >= 0.3 is 0 Å². The summed E-state index contributed by atoms with van der Waals surface area (Å²) in [5, 5.41) is 0. The van der Waals surface area contributed by atoms with Gasteiger partial charge < -0.3 is 13.6 Å². The molecule has 0 amide bonds. The van der Waals surface area contributed by atoms with Crippen molar-refractivity contribution in [2.24, 2.45) is 5.92 Å². The van der Waals surface area contributed by atoms with Crippen LogP contribution in [-0.4, -0.2) is 41.6 Å². The monoisotopic (exact) mass is 288 g/mol. The molecule has 0 aliphatic carbocycles. The molecule has 3 nitrogen and oxygen atoms in total. The molecule has 4 atom stereocenters. The van der Waals surface area contributed by atoms with Crippen molar-refractivity contribution in [1.29, 1.82) is 0 Å². The van der Waals surface area contributed by atoms with Crippen molar-refractivity contribution in [1.82, 2.24) is 0 Å². The minimum absolute atomic E-state index is 0.0200. The van der Waals surface area contributed by atoms with Gasteiger partial charge in [-0.25, -0.2) is 0 Å². The summed E-state index contributed by atoms with van der Waals surface area (Å²) >= 11 is 0. The van der Waals surface area contributed by atoms with E-state index in [0.717, 1.165) is 0 Å². The Labute approximate surface area is 114 Å². The van der Waals surface area contributed by atoms with Crippen LogP contribution < -0.4 is 0 Å². The van der Waals surface area contributed by atoms with Gasteiger partial charge in [0.2, 0.25) is 0 Å². The Balaban J connectivity index is 2.64. The van der Waals surface area contributed by atoms with Crippen LogP contribution in [0.2, 0.25) is 39.3 Å². The molecule has 1 fully saturated rings. The molecule has 0 spiro atoms. The molecule has 0 N–H and O–H groups in total. The second-order valence-electron chi connectivity index (χ2n) is 7.12.